The predicted octanol–water partition coefficient (Wildman–Crippen LogP) is 4.66. The van der Waals surface area contributed by atoms with Gasteiger partial charge in [-0.1, -0.05) is 19.6 Å². The van der Waals surface area contributed by atoms with Crippen LogP contribution in [0.3, 0.4) is 0 Å². The molecule has 5 nitrogen and oxygen atoms in total. The van der Waals surface area contributed by atoms with Crippen molar-refractivity contribution in [3.05, 3.63) is 54.1 Å². The van der Waals surface area contributed by atoms with Crippen LogP contribution in [0.1, 0.15) is 43.8 Å². The van der Waals surface area contributed by atoms with Crippen LogP contribution in [-0.4, -0.2) is 31.4 Å². The summed E-state index contributed by atoms with van der Waals surface area (Å²) in [5, 5.41) is 8.67. The highest BCUT2D eigenvalue weighted by Gasteiger charge is 2.53. The lowest BCUT2D eigenvalue weighted by molar-refractivity contribution is -0.0885. The minimum atomic E-state index is -2.64. The number of nitrogens with one attached hydrogen (secondary N) is 1. The molecule has 1 saturated heterocycles. The molecule has 1 aliphatic heterocycles. The van der Waals surface area contributed by atoms with E-state index in [1.165, 1.54) is 0 Å². The van der Waals surface area contributed by atoms with E-state index in [0.717, 1.165) is 22.5 Å². The van der Waals surface area contributed by atoms with Crippen molar-refractivity contribution in [2.24, 2.45) is 11.8 Å². The highest BCUT2D eigenvalue weighted by molar-refractivity contribution is 7.84. The summed E-state index contributed by atoms with van der Waals surface area (Å²) in [4.78, 5) is 8.44. The maximum Gasteiger partial charge on any atom is 0.251 e. The van der Waals surface area contributed by atoms with Crippen molar-refractivity contribution in [1.29, 1.82) is 5.26 Å². The van der Waals surface area contributed by atoms with Gasteiger partial charge in [-0.25, -0.2) is 22.7 Å². The molecule has 4 rings (SSSR count). The third kappa shape index (κ3) is 4.89. The van der Waals surface area contributed by atoms with Gasteiger partial charge in [-0.15, -0.1) is 0 Å². The van der Waals surface area contributed by atoms with Crippen LogP contribution in [0, 0.1) is 30.1 Å². The lowest BCUT2D eigenvalue weighted by Gasteiger charge is -2.36. The molecule has 3 heterocycles. The molecule has 8 heteroatoms. The van der Waals surface area contributed by atoms with E-state index in [-0.39, 0.29) is 23.6 Å². The smallest absolute Gasteiger partial charge is 0.251 e. The van der Waals surface area contributed by atoms with Gasteiger partial charge in [0.1, 0.15) is 11.8 Å². The van der Waals surface area contributed by atoms with Gasteiger partial charge in [0.05, 0.1) is 21.9 Å². The minimum absolute atomic E-state index is 0.111. The van der Waals surface area contributed by atoms with E-state index in [4.69, 9.17) is 5.26 Å². The summed E-state index contributed by atoms with van der Waals surface area (Å²) in [5.41, 5.74) is 3.86. The summed E-state index contributed by atoms with van der Waals surface area (Å²) in [6.45, 7) is 9.11. The van der Waals surface area contributed by atoms with Gasteiger partial charge < -0.3 is 0 Å². The molecule has 0 radical (unpaired) electrons. The molecule has 2 aromatic heterocycles. The number of pyridine rings is 2. The molecule has 2 aliphatic rings. The molecule has 0 spiro atoms. The number of halogens is 2. The van der Waals surface area contributed by atoms with Gasteiger partial charge in [0.2, 0.25) is 0 Å². The summed E-state index contributed by atoms with van der Waals surface area (Å²) in [5.74, 6) is -3.06. The zero-order valence-electron chi connectivity index (χ0n) is 17.8. The van der Waals surface area contributed by atoms with Crippen molar-refractivity contribution < 1.29 is 13.0 Å². The molecule has 1 saturated carbocycles. The number of nitrogens with zero attached hydrogens (tertiary/aromatic N) is 3. The standard InChI is InChI=1S/C14H11N3.C9H15F2NOS/c1-3-11-6-7-12(10(2)17-11)13-5-4-8-16-14(13)9-15;1-5-3-7-6(2)12-14(13)8(7)4-9(5,10)11/h3-8H,1H2,2H3;5-8,12H,3-4H2,1-2H3. The number of nitriles is 1. The molecule has 1 aliphatic carbocycles. The Kier molecular flexibility index (Phi) is 6.97. The lowest BCUT2D eigenvalue weighted by atomic mass is 9.76. The third-order valence-electron chi connectivity index (χ3n) is 6.04. The van der Waals surface area contributed by atoms with Crippen molar-refractivity contribution in [3.8, 4) is 17.2 Å². The molecule has 0 amide bonds. The van der Waals surface area contributed by atoms with E-state index in [1.807, 2.05) is 38.1 Å². The Hall–Kier alpha value is -2.50. The van der Waals surface area contributed by atoms with E-state index >= 15 is 0 Å². The number of alkyl halides is 2. The Labute approximate surface area is 184 Å². The van der Waals surface area contributed by atoms with Gasteiger partial charge in [0.15, 0.2) is 0 Å². The van der Waals surface area contributed by atoms with E-state index in [9.17, 15) is 13.0 Å². The first kappa shape index (κ1) is 23.2. The molecule has 5 unspecified atom stereocenters. The van der Waals surface area contributed by atoms with Crippen LogP contribution in [0.2, 0.25) is 0 Å². The van der Waals surface area contributed by atoms with Gasteiger partial charge in [-0.3, -0.25) is 4.98 Å². The van der Waals surface area contributed by atoms with Gasteiger partial charge in [0, 0.05) is 41.4 Å². The Morgan fingerprint density at radius 1 is 1.32 bits per heavy atom. The molecule has 1 N–H and O–H groups in total. The van der Waals surface area contributed by atoms with Crippen LogP contribution in [0.4, 0.5) is 8.78 Å². The molecular weight excluding hydrogens is 418 g/mol. The summed E-state index contributed by atoms with van der Waals surface area (Å²) >= 11 is 0. The molecular formula is C23H26F2N4OS. The van der Waals surface area contributed by atoms with Crippen LogP contribution >= 0.6 is 0 Å². The quantitative estimate of drug-likeness (QED) is 0.731. The van der Waals surface area contributed by atoms with Crippen molar-refractivity contribution in [1.82, 2.24) is 14.7 Å². The van der Waals surface area contributed by atoms with E-state index in [2.05, 4.69) is 27.3 Å². The highest BCUT2D eigenvalue weighted by Crippen LogP contribution is 2.45. The number of hydrogen-bond donors (Lipinski definition) is 1. The number of rotatable bonds is 2. The molecule has 164 valence electrons. The predicted molar refractivity (Wildman–Crippen MR) is 118 cm³/mol. The normalized spacial score (nSPS) is 28.6. The lowest BCUT2D eigenvalue weighted by Crippen LogP contribution is -2.42. The summed E-state index contributed by atoms with van der Waals surface area (Å²) < 4.78 is 41.1. The van der Waals surface area contributed by atoms with Gasteiger partial charge >= 0.3 is 0 Å². The first-order valence-corrected chi connectivity index (χ1v) is 11.4. The Morgan fingerprint density at radius 3 is 2.71 bits per heavy atom. The zero-order chi connectivity index (χ0) is 22.8. The van der Waals surface area contributed by atoms with Crippen LogP contribution < -0.4 is 4.72 Å². The fourth-order valence-electron chi connectivity index (χ4n) is 4.16. The van der Waals surface area contributed by atoms with Crippen LogP contribution in [0.15, 0.2) is 37.0 Å². The second-order valence-corrected chi connectivity index (χ2v) is 9.53. The third-order valence-corrected chi connectivity index (χ3v) is 7.71. The topological polar surface area (TPSA) is 78.7 Å². The maximum absolute atomic E-state index is 13.4. The Morgan fingerprint density at radius 2 is 2.06 bits per heavy atom. The van der Waals surface area contributed by atoms with E-state index < -0.39 is 22.8 Å². The van der Waals surface area contributed by atoms with Crippen molar-refractivity contribution >= 4 is 17.1 Å². The average Bonchev–Trinajstić information content (AvgIpc) is 3.01. The Bertz CT molecular complexity index is 1040. The minimum Gasteiger partial charge on any atom is -0.253 e. The monoisotopic (exact) mass is 444 g/mol. The SMILES string of the molecule is C=Cc1ccc(-c2cccnc2C#N)c(C)n1.CC1NS(=O)C2CC(F)(F)C(C)CC12. The number of aromatic nitrogens is 2. The summed E-state index contributed by atoms with van der Waals surface area (Å²) in [7, 11) is -1.26. The second-order valence-electron chi connectivity index (χ2n) is 8.09. The van der Waals surface area contributed by atoms with Crippen LogP contribution in [0.5, 0.6) is 0 Å². The van der Waals surface area contributed by atoms with Gasteiger partial charge in [0.25, 0.3) is 5.92 Å². The van der Waals surface area contributed by atoms with Crippen LogP contribution in [-0.2, 0) is 11.0 Å². The molecule has 0 aromatic carbocycles. The largest absolute Gasteiger partial charge is 0.253 e. The fraction of sp³-hybridized carbons (Fsp3) is 0.435. The van der Waals surface area contributed by atoms with Gasteiger partial charge in [-0.2, -0.15) is 5.26 Å². The molecule has 0 bridgehead atoms. The summed E-state index contributed by atoms with van der Waals surface area (Å²) in [6, 6.07) is 9.72. The highest BCUT2D eigenvalue weighted by atomic mass is 32.2. The Balaban J connectivity index is 0.000000179. The molecule has 2 fully saturated rings. The van der Waals surface area contributed by atoms with E-state index in [1.54, 1.807) is 19.2 Å². The summed E-state index contributed by atoms with van der Waals surface area (Å²) in [6.07, 6.45) is 3.58. The van der Waals surface area contributed by atoms with Crippen molar-refractivity contribution in [2.45, 2.75) is 50.8 Å². The number of hydrogen-bond acceptors (Lipinski definition) is 4. The second kappa shape index (κ2) is 9.33. The van der Waals surface area contributed by atoms with Crippen molar-refractivity contribution in [2.75, 3.05) is 0 Å². The van der Waals surface area contributed by atoms with E-state index in [0.29, 0.717) is 12.1 Å². The average molecular weight is 445 g/mol. The zero-order valence-corrected chi connectivity index (χ0v) is 18.6. The number of aryl methyl sites for hydroxylation is 1. The van der Waals surface area contributed by atoms with Crippen LogP contribution in [0.25, 0.3) is 17.2 Å². The molecule has 2 aromatic rings. The first-order chi connectivity index (χ1) is 14.7. The molecule has 31 heavy (non-hydrogen) atoms. The first-order valence-electron chi connectivity index (χ1n) is 10.2. The number of fused-ring (bicyclic) bond motifs is 1. The van der Waals surface area contributed by atoms with Crippen molar-refractivity contribution in [3.63, 3.8) is 0 Å². The fourth-order valence-corrected chi connectivity index (χ4v) is 5.92. The van der Waals surface area contributed by atoms with Gasteiger partial charge in [-0.05, 0) is 50.5 Å². The maximum atomic E-state index is 13.4. The molecule has 5 atom stereocenters.